The minimum absolute atomic E-state index is 0.262. The summed E-state index contributed by atoms with van der Waals surface area (Å²) in [6, 6.07) is 0. The molecule has 0 spiro atoms. The van der Waals surface area contributed by atoms with Gasteiger partial charge in [-0.15, -0.1) is 6.58 Å². The fraction of sp³-hybridized carbons (Fsp3) is 0.769. The number of allylic oxidation sites excluding steroid dienone is 1. The molecule has 0 aromatic carbocycles. The van der Waals surface area contributed by atoms with Crippen LogP contribution in [-0.2, 0) is 19.0 Å². The smallest absolute Gasteiger partial charge is 0.302 e. The molecule has 0 aliphatic heterocycles. The fourth-order valence-corrected chi connectivity index (χ4v) is 0.557. The van der Waals surface area contributed by atoms with Gasteiger partial charge in [-0.1, -0.05) is 6.08 Å². The van der Waals surface area contributed by atoms with Crippen molar-refractivity contribution in [2.24, 2.45) is 0 Å². The van der Waals surface area contributed by atoms with E-state index < -0.39 is 0 Å². The number of hydrogen-bond acceptors (Lipinski definition) is 5. The number of esters is 1. The molecule has 1 atom stereocenters. The number of carbonyl (C=O) groups excluding carboxylic acids is 1. The van der Waals surface area contributed by atoms with Crippen molar-refractivity contribution in [1.82, 2.24) is 0 Å². The van der Waals surface area contributed by atoms with Crippen molar-refractivity contribution in [2.75, 3.05) is 33.5 Å². The van der Waals surface area contributed by atoms with Gasteiger partial charge in [0, 0.05) is 20.6 Å². The van der Waals surface area contributed by atoms with Crippen LogP contribution in [0.4, 0.5) is 0 Å². The normalized spacial score (nSPS) is 10.1. The summed E-state index contributed by atoms with van der Waals surface area (Å²) in [6.07, 6.45) is 1.43. The van der Waals surface area contributed by atoms with E-state index in [0.29, 0.717) is 26.4 Å². The van der Waals surface area contributed by atoms with E-state index in [1.54, 1.807) is 20.1 Å². The quantitative estimate of drug-likeness (QED) is 0.450. The van der Waals surface area contributed by atoms with Crippen LogP contribution in [0.25, 0.3) is 0 Å². The monoisotopic (exact) mass is 264 g/mol. The highest BCUT2D eigenvalue weighted by Gasteiger charge is 1.90. The Hall–Kier alpha value is -0.910. The molecular weight excluding hydrogens is 236 g/mol. The summed E-state index contributed by atoms with van der Waals surface area (Å²) >= 11 is 0. The van der Waals surface area contributed by atoms with Crippen molar-refractivity contribution in [2.45, 2.75) is 33.8 Å². The summed E-state index contributed by atoms with van der Waals surface area (Å²) in [6.45, 7) is 12.2. The summed E-state index contributed by atoms with van der Waals surface area (Å²) in [5, 5.41) is 8.56. The number of ether oxygens (including phenoxy) is 3. The second-order valence-electron chi connectivity index (χ2n) is 3.25. The molecule has 0 bridgehead atoms. The molecule has 0 aromatic rings. The Balaban J connectivity index is -0.000000207. The lowest BCUT2D eigenvalue weighted by Crippen LogP contribution is -2.09. The second-order valence-corrected chi connectivity index (χ2v) is 3.25. The molecule has 0 radical (unpaired) electrons. The molecule has 0 amide bonds. The van der Waals surface area contributed by atoms with Crippen molar-refractivity contribution in [1.29, 1.82) is 0 Å². The topological polar surface area (TPSA) is 65.0 Å². The molecule has 0 heterocycles. The standard InChI is InChI=1S/C5H10O3.C5H12O2.C3H6/c1-5(6)8-4-3-7-2;1-3-7-4-5(2)6;1-3-2/h3-4H2,1-2H3;5-6H,3-4H2,1-2H3;3H,1H2,2H3. The van der Waals surface area contributed by atoms with E-state index in [9.17, 15) is 4.79 Å². The van der Waals surface area contributed by atoms with Gasteiger partial charge in [0.25, 0.3) is 0 Å². The first-order valence-electron chi connectivity index (χ1n) is 5.91. The van der Waals surface area contributed by atoms with Gasteiger partial charge in [-0.3, -0.25) is 4.79 Å². The zero-order valence-corrected chi connectivity index (χ0v) is 12.3. The third-order valence-electron chi connectivity index (χ3n) is 1.16. The number of aliphatic hydroxyl groups is 1. The van der Waals surface area contributed by atoms with Crippen LogP contribution in [0, 0.1) is 0 Å². The number of carbonyl (C=O) groups is 1. The van der Waals surface area contributed by atoms with E-state index >= 15 is 0 Å². The molecule has 0 aromatic heterocycles. The summed E-state index contributed by atoms with van der Waals surface area (Å²) in [5.41, 5.74) is 0. The number of aliphatic hydroxyl groups excluding tert-OH is 1. The maximum absolute atomic E-state index is 10.0. The Kier molecular flexibility index (Phi) is 26.5. The number of hydrogen-bond donors (Lipinski definition) is 1. The van der Waals surface area contributed by atoms with Crippen LogP contribution in [0.3, 0.4) is 0 Å². The third kappa shape index (κ3) is 45.8. The zero-order chi connectivity index (χ0) is 14.8. The Morgan fingerprint density at radius 2 is 1.94 bits per heavy atom. The lowest BCUT2D eigenvalue weighted by atomic mass is 10.4. The van der Waals surface area contributed by atoms with Crippen molar-refractivity contribution < 1.29 is 24.1 Å². The average Bonchev–Trinajstić information content (AvgIpc) is 2.28. The largest absolute Gasteiger partial charge is 0.463 e. The van der Waals surface area contributed by atoms with Crippen LogP contribution >= 0.6 is 0 Å². The zero-order valence-electron chi connectivity index (χ0n) is 12.3. The molecule has 1 unspecified atom stereocenters. The van der Waals surface area contributed by atoms with Gasteiger partial charge >= 0.3 is 5.97 Å². The van der Waals surface area contributed by atoms with Crippen LogP contribution in [0.15, 0.2) is 12.7 Å². The van der Waals surface area contributed by atoms with Gasteiger partial charge in [0.05, 0.1) is 19.3 Å². The molecule has 0 saturated heterocycles. The van der Waals surface area contributed by atoms with E-state index in [0.717, 1.165) is 0 Å². The van der Waals surface area contributed by atoms with Crippen molar-refractivity contribution >= 4 is 5.97 Å². The van der Waals surface area contributed by atoms with Gasteiger partial charge in [0.15, 0.2) is 0 Å². The first-order valence-corrected chi connectivity index (χ1v) is 5.91. The summed E-state index contributed by atoms with van der Waals surface area (Å²) in [4.78, 5) is 10.0. The van der Waals surface area contributed by atoms with Crippen molar-refractivity contribution in [3.8, 4) is 0 Å². The molecule has 18 heavy (non-hydrogen) atoms. The minimum atomic E-state index is -0.319. The van der Waals surface area contributed by atoms with Crippen LogP contribution in [-0.4, -0.2) is 50.7 Å². The predicted octanol–water partition coefficient (Wildman–Crippen LogP) is 1.79. The maximum atomic E-state index is 10.0. The first kappa shape index (κ1) is 22.3. The van der Waals surface area contributed by atoms with E-state index in [-0.39, 0.29) is 12.1 Å². The summed E-state index contributed by atoms with van der Waals surface area (Å²) < 4.78 is 14.0. The number of methoxy groups -OCH3 is 1. The van der Waals surface area contributed by atoms with Crippen LogP contribution < -0.4 is 0 Å². The minimum Gasteiger partial charge on any atom is -0.463 e. The highest BCUT2D eigenvalue weighted by molar-refractivity contribution is 5.65. The van der Waals surface area contributed by atoms with Gasteiger partial charge in [-0.2, -0.15) is 0 Å². The van der Waals surface area contributed by atoms with Gasteiger partial charge < -0.3 is 19.3 Å². The van der Waals surface area contributed by atoms with Crippen LogP contribution in [0.2, 0.25) is 0 Å². The van der Waals surface area contributed by atoms with Gasteiger partial charge in [0.1, 0.15) is 6.61 Å². The van der Waals surface area contributed by atoms with E-state index in [4.69, 9.17) is 9.84 Å². The molecule has 1 N–H and O–H groups in total. The highest BCUT2D eigenvalue weighted by Crippen LogP contribution is 1.79. The Morgan fingerprint density at radius 1 is 1.44 bits per heavy atom. The third-order valence-corrected chi connectivity index (χ3v) is 1.16. The van der Waals surface area contributed by atoms with Gasteiger partial charge in [-0.25, -0.2) is 0 Å². The molecule has 0 saturated carbocycles. The SMILES string of the molecule is C=CC.CCOCC(C)O.COCCOC(C)=O. The molecule has 0 aliphatic carbocycles. The summed E-state index contributed by atoms with van der Waals surface area (Å²) in [5.74, 6) is -0.262. The maximum Gasteiger partial charge on any atom is 0.302 e. The second kappa shape index (κ2) is 21.4. The van der Waals surface area contributed by atoms with Crippen LogP contribution in [0.5, 0.6) is 0 Å². The molecule has 0 fully saturated rings. The molecule has 0 aliphatic rings. The number of rotatable bonds is 6. The van der Waals surface area contributed by atoms with Gasteiger partial charge in [0.2, 0.25) is 0 Å². The average molecular weight is 264 g/mol. The highest BCUT2D eigenvalue weighted by atomic mass is 16.6. The molecule has 0 rings (SSSR count). The lowest BCUT2D eigenvalue weighted by Gasteiger charge is -2.00. The lowest BCUT2D eigenvalue weighted by molar-refractivity contribution is -0.142. The molecular formula is C13H28O5. The molecule has 5 heteroatoms. The van der Waals surface area contributed by atoms with Crippen molar-refractivity contribution in [3.63, 3.8) is 0 Å². The van der Waals surface area contributed by atoms with Crippen LogP contribution in [0.1, 0.15) is 27.7 Å². The Morgan fingerprint density at radius 3 is 2.17 bits per heavy atom. The Labute approximate surface area is 111 Å². The summed E-state index contributed by atoms with van der Waals surface area (Å²) in [7, 11) is 1.56. The fourth-order valence-electron chi connectivity index (χ4n) is 0.557. The first-order chi connectivity index (χ1) is 8.45. The van der Waals surface area contributed by atoms with Gasteiger partial charge in [-0.05, 0) is 20.8 Å². The Bertz CT molecular complexity index is 169. The van der Waals surface area contributed by atoms with E-state index in [1.807, 2.05) is 13.8 Å². The van der Waals surface area contributed by atoms with E-state index in [2.05, 4.69) is 16.1 Å². The van der Waals surface area contributed by atoms with Crippen molar-refractivity contribution in [3.05, 3.63) is 12.7 Å². The predicted molar refractivity (Wildman–Crippen MR) is 72.6 cm³/mol. The molecule has 110 valence electrons. The van der Waals surface area contributed by atoms with E-state index in [1.165, 1.54) is 6.92 Å². The molecule has 5 nitrogen and oxygen atoms in total.